The Balaban J connectivity index is 1.32. The molecule has 8 heteroatoms. The Bertz CT molecular complexity index is 899. The van der Waals surface area contributed by atoms with Crippen LogP contribution in [0.25, 0.3) is 10.7 Å². The summed E-state index contributed by atoms with van der Waals surface area (Å²) in [6.45, 7) is 1.41. The van der Waals surface area contributed by atoms with E-state index in [1.807, 2.05) is 42.5 Å². The number of nitrogens with one attached hydrogen (secondary N) is 1. The molecule has 0 saturated carbocycles. The van der Waals surface area contributed by atoms with Crippen LogP contribution in [0.4, 0.5) is 10.8 Å². The molecule has 0 unspecified atom stereocenters. The molecule has 0 atom stereocenters. The van der Waals surface area contributed by atoms with Gasteiger partial charge in [-0.15, -0.1) is 10.2 Å². The molecule has 3 heterocycles. The number of para-hydroxylation sites is 2. The Labute approximate surface area is 154 Å². The number of benzene rings is 1. The molecule has 1 aromatic carbocycles. The second-order valence-corrected chi connectivity index (χ2v) is 6.69. The van der Waals surface area contributed by atoms with Gasteiger partial charge in [-0.25, -0.2) is 0 Å². The molecular formula is C18H17N5O2S. The molecule has 0 bridgehead atoms. The van der Waals surface area contributed by atoms with Gasteiger partial charge in [-0.05, 0) is 30.7 Å². The van der Waals surface area contributed by atoms with Gasteiger partial charge in [-0.3, -0.25) is 9.78 Å². The van der Waals surface area contributed by atoms with Crippen LogP contribution < -0.4 is 15.0 Å². The van der Waals surface area contributed by atoms with Crippen molar-refractivity contribution in [1.29, 1.82) is 0 Å². The van der Waals surface area contributed by atoms with Crippen molar-refractivity contribution in [3.05, 3.63) is 48.7 Å². The smallest absolute Gasteiger partial charge is 0.265 e. The molecule has 26 heavy (non-hydrogen) atoms. The van der Waals surface area contributed by atoms with Crippen LogP contribution in [0.5, 0.6) is 5.75 Å². The molecular weight excluding hydrogens is 350 g/mol. The number of carbonyl (C=O) groups is 1. The molecule has 3 aromatic rings. The van der Waals surface area contributed by atoms with Crippen molar-refractivity contribution < 1.29 is 9.53 Å². The molecule has 1 N–H and O–H groups in total. The highest BCUT2D eigenvalue weighted by atomic mass is 32.1. The molecule has 0 spiro atoms. The average molecular weight is 367 g/mol. The maximum absolute atomic E-state index is 12.1. The van der Waals surface area contributed by atoms with Gasteiger partial charge in [-0.1, -0.05) is 29.5 Å². The zero-order chi connectivity index (χ0) is 17.8. The van der Waals surface area contributed by atoms with Crippen molar-refractivity contribution in [1.82, 2.24) is 15.2 Å². The molecule has 0 fully saturated rings. The summed E-state index contributed by atoms with van der Waals surface area (Å²) in [4.78, 5) is 18.2. The van der Waals surface area contributed by atoms with E-state index in [4.69, 9.17) is 4.74 Å². The minimum atomic E-state index is -0.0166. The van der Waals surface area contributed by atoms with E-state index in [-0.39, 0.29) is 12.5 Å². The largest absolute Gasteiger partial charge is 0.482 e. The van der Waals surface area contributed by atoms with Gasteiger partial charge < -0.3 is 15.0 Å². The van der Waals surface area contributed by atoms with Crippen LogP contribution in [0.15, 0.2) is 48.7 Å². The normalized spacial score (nSPS) is 13.2. The molecule has 1 amide bonds. The topological polar surface area (TPSA) is 80.2 Å². The van der Waals surface area contributed by atoms with Crippen LogP contribution in [0.3, 0.4) is 0 Å². The van der Waals surface area contributed by atoms with Crippen molar-refractivity contribution in [3.8, 4) is 16.5 Å². The Morgan fingerprint density at radius 3 is 2.92 bits per heavy atom. The number of pyridine rings is 1. The average Bonchev–Trinajstić information content (AvgIpc) is 3.16. The summed E-state index contributed by atoms with van der Waals surface area (Å²) in [5, 5.41) is 13.1. The lowest BCUT2D eigenvalue weighted by atomic mass is 10.2. The fourth-order valence-corrected chi connectivity index (χ4v) is 3.47. The summed E-state index contributed by atoms with van der Waals surface area (Å²) >= 11 is 1.46. The highest BCUT2D eigenvalue weighted by Gasteiger charge is 2.24. The Kier molecular flexibility index (Phi) is 4.74. The summed E-state index contributed by atoms with van der Waals surface area (Å²) in [6, 6.07) is 13.3. The first kappa shape index (κ1) is 16.5. The van der Waals surface area contributed by atoms with Crippen LogP contribution in [0, 0.1) is 0 Å². The van der Waals surface area contributed by atoms with Crippen molar-refractivity contribution in [3.63, 3.8) is 0 Å². The van der Waals surface area contributed by atoms with Crippen molar-refractivity contribution >= 4 is 28.1 Å². The van der Waals surface area contributed by atoms with E-state index in [2.05, 4.69) is 20.5 Å². The number of amides is 1. The Morgan fingerprint density at radius 1 is 1.15 bits per heavy atom. The Morgan fingerprint density at radius 2 is 2.04 bits per heavy atom. The van der Waals surface area contributed by atoms with E-state index in [9.17, 15) is 4.79 Å². The van der Waals surface area contributed by atoms with Crippen molar-refractivity contribution in [2.75, 3.05) is 29.9 Å². The standard InChI is InChI=1S/C18H17N5O2S/c24-16-12-25-15-8-2-1-7-14(15)23(16)11-5-10-20-18-22-21-17(26-18)13-6-3-4-9-19-13/h1-4,6-9H,5,10-12H2,(H,20,22). The fraction of sp³-hybridized carbons (Fsp3) is 0.222. The van der Waals surface area contributed by atoms with E-state index in [0.717, 1.165) is 33.7 Å². The number of aromatic nitrogens is 3. The van der Waals surface area contributed by atoms with Gasteiger partial charge in [0.15, 0.2) is 11.6 Å². The highest BCUT2D eigenvalue weighted by molar-refractivity contribution is 7.18. The number of ether oxygens (including phenoxy) is 1. The molecule has 0 aliphatic carbocycles. The Hall–Kier alpha value is -3.00. The van der Waals surface area contributed by atoms with Gasteiger partial charge in [0.2, 0.25) is 5.13 Å². The summed E-state index contributed by atoms with van der Waals surface area (Å²) in [5.41, 5.74) is 1.64. The third-order valence-corrected chi connectivity index (χ3v) is 4.86. The summed E-state index contributed by atoms with van der Waals surface area (Å²) < 4.78 is 5.46. The molecule has 0 saturated heterocycles. The summed E-state index contributed by atoms with van der Waals surface area (Å²) in [5.74, 6) is 0.737. The quantitative estimate of drug-likeness (QED) is 0.675. The number of fused-ring (bicyclic) bond motifs is 1. The van der Waals surface area contributed by atoms with Gasteiger partial charge >= 0.3 is 0 Å². The van der Waals surface area contributed by atoms with Crippen LogP contribution >= 0.6 is 11.3 Å². The van der Waals surface area contributed by atoms with Gasteiger partial charge in [0.1, 0.15) is 11.4 Å². The monoisotopic (exact) mass is 367 g/mol. The lowest BCUT2D eigenvalue weighted by molar-refractivity contribution is -0.121. The molecule has 1 aliphatic heterocycles. The first-order chi connectivity index (χ1) is 12.8. The maximum Gasteiger partial charge on any atom is 0.265 e. The van der Waals surface area contributed by atoms with Crippen LogP contribution in [0.1, 0.15) is 6.42 Å². The van der Waals surface area contributed by atoms with E-state index < -0.39 is 0 Å². The fourth-order valence-electron chi connectivity index (χ4n) is 2.72. The van der Waals surface area contributed by atoms with Crippen molar-refractivity contribution in [2.24, 2.45) is 0 Å². The third-order valence-electron chi connectivity index (χ3n) is 3.95. The number of anilines is 2. The molecule has 4 rings (SSSR count). The van der Waals surface area contributed by atoms with Crippen LogP contribution in [-0.2, 0) is 4.79 Å². The molecule has 7 nitrogen and oxygen atoms in total. The maximum atomic E-state index is 12.1. The van der Waals surface area contributed by atoms with Gasteiger partial charge in [-0.2, -0.15) is 0 Å². The zero-order valence-electron chi connectivity index (χ0n) is 14.0. The van der Waals surface area contributed by atoms with E-state index in [1.165, 1.54) is 11.3 Å². The number of hydrogen-bond donors (Lipinski definition) is 1. The second kappa shape index (κ2) is 7.49. The first-order valence-corrected chi connectivity index (χ1v) is 9.14. The van der Waals surface area contributed by atoms with Crippen molar-refractivity contribution in [2.45, 2.75) is 6.42 Å². The molecule has 1 aliphatic rings. The molecule has 132 valence electrons. The number of hydrogen-bond acceptors (Lipinski definition) is 7. The van der Waals surface area contributed by atoms with E-state index in [1.54, 1.807) is 11.1 Å². The zero-order valence-corrected chi connectivity index (χ0v) is 14.8. The predicted octanol–water partition coefficient (Wildman–Crippen LogP) is 2.83. The highest BCUT2D eigenvalue weighted by Crippen LogP contribution is 2.31. The predicted molar refractivity (Wildman–Crippen MR) is 101 cm³/mol. The van der Waals surface area contributed by atoms with Gasteiger partial charge in [0.05, 0.1) is 5.69 Å². The van der Waals surface area contributed by atoms with E-state index >= 15 is 0 Å². The molecule has 0 radical (unpaired) electrons. The molecule has 2 aromatic heterocycles. The minimum Gasteiger partial charge on any atom is -0.482 e. The van der Waals surface area contributed by atoms with E-state index in [0.29, 0.717) is 13.1 Å². The SMILES string of the molecule is O=C1COc2ccccc2N1CCCNc1nnc(-c2ccccn2)s1. The lowest BCUT2D eigenvalue weighted by Gasteiger charge is -2.29. The third kappa shape index (κ3) is 3.50. The number of rotatable bonds is 6. The summed E-state index contributed by atoms with van der Waals surface area (Å²) in [7, 11) is 0. The number of nitrogens with zero attached hydrogens (tertiary/aromatic N) is 4. The lowest BCUT2D eigenvalue weighted by Crippen LogP contribution is -2.39. The summed E-state index contributed by atoms with van der Waals surface area (Å²) in [6.07, 6.45) is 2.53. The minimum absolute atomic E-state index is 0.0166. The van der Waals surface area contributed by atoms with Crippen LogP contribution in [0.2, 0.25) is 0 Å². The first-order valence-electron chi connectivity index (χ1n) is 8.32. The van der Waals surface area contributed by atoms with Crippen LogP contribution in [-0.4, -0.2) is 40.8 Å². The number of carbonyl (C=O) groups excluding carboxylic acids is 1. The second-order valence-electron chi connectivity index (χ2n) is 5.71. The van der Waals surface area contributed by atoms with Gasteiger partial charge in [0.25, 0.3) is 5.91 Å². The van der Waals surface area contributed by atoms with Gasteiger partial charge in [0, 0.05) is 19.3 Å².